The van der Waals surface area contributed by atoms with E-state index in [4.69, 9.17) is 14.2 Å². The number of hydrogen-bond acceptors (Lipinski definition) is 7. The lowest BCUT2D eigenvalue weighted by molar-refractivity contribution is -0.139. The largest absolute Gasteiger partial charge is 0.505 e. The molecule has 0 aliphatic carbocycles. The van der Waals surface area contributed by atoms with Crippen molar-refractivity contribution in [2.75, 3.05) is 20.3 Å². The first-order chi connectivity index (χ1) is 13.5. The number of hydrogen-bond donors (Lipinski definition) is 1. The number of phenols is 1. The fourth-order valence-electron chi connectivity index (χ4n) is 2.12. The van der Waals surface area contributed by atoms with Crippen LogP contribution < -0.4 is 9.47 Å². The Balaban J connectivity index is 1.75. The van der Waals surface area contributed by atoms with Crippen LogP contribution in [0, 0.1) is 0 Å². The van der Waals surface area contributed by atoms with Gasteiger partial charge in [0.15, 0.2) is 0 Å². The van der Waals surface area contributed by atoms with Crippen molar-refractivity contribution in [3.63, 3.8) is 0 Å². The van der Waals surface area contributed by atoms with Gasteiger partial charge in [-0.2, -0.15) is 5.11 Å². The highest BCUT2D eigenvalue weighted by molar-refractivity contribution is 5.86. The minimum absolute atomic E-state index is 0.00279. The van der Waals surface area contributed by atoms with Gasteiger partial charge in [0.2, 0.25) is 0 Å². The van der Waals surface area contributed by atoms with E-state index in [1.165, 1.54) is 13.2 Å². The van der Waals surface area contributed by atoms with E-state index in [0.717, 1.165) is 12.8 Å². The van der Waals surface area contributed by atoms with Crippen molar-refractivity contribution in [1.29, 1.82) is 0 Å². The van der Waals surface area contributed by atoms with Gasteiger partial charge >= 0.3 is 5.97 Å². The van der Waals surface area contributed by atoms with Gasteiger partial charge in [-0.15, -0.1) is 5.11 Å². The molecule has 0 aliphatic rings. The van der Waals surface area contributed by atoms with Crippen LogP contribution in [-0.2, 0) is 9.53 Å². The third-order valence-corrected chi connectivity index (χ3v) is 3.68. The Morgan fingerprint density at radius 1 is 1.04 bits per heavy atom. The maximum Gasteiger partial charge on any atom is 0.333 e. The van der Waals surface area contributed by atoms with Crippen LogP contribution in [0.3, 0.4) is 0 Å². The smallest absolute Gasteiger partial charge is 0.333 e. The van der Waals surface area contributed by atoms with E-state index < -0.39 is 0 Å². The van der Waals surface area contributed by atoms with Gasteiger partial charge in [0, 0.05) is 11.6 Å². The van der Waals surface area contributed by atoms with Crippen molar-refractivity contribution in [2.24, 2.45) is 10.2 Å². The molecule has 0 atom stereocenters. The Labute approximate surface area is 164 Å². The fraction of sp³-hybridized carbons (Fsp3) is 0.286. The molecule has 0 aliphatic heterocycles. The fourth-order valence-corrected chi connectivity index (χ4v) is 2.12. The molecule has 1 N–H and O–H groups in total. The van der Waals surface area contributed by atoms with E-state index in [1.54, 1.807) is 43.3 Å². The molecule has 2 rings (SSSR count). The SMILES string of the molecule is C=C(C)C(=O)OCCCCOc1ccc(N=Nc2ccc(OC)cc2O)cc1. The summed E-state index contributed by atoms with van der Waals surface area (Å²) >= 11 is 0. The monoisotopic (exact) mass is 384 g/mol. The molecule has 0 unspecified atom stereocenters. The molecule has 148 valence electrons. The van der Waals surface area contributed by atoms with Crippen molar-refractivity contribution >= 4 is 17.3 Å². The summed E-state index contributed by atoms with van der Waals surface area (Å²) in [7, 11) is 1.53. The molecule has 0 radical (unpaired) electrons. The molecule has 7 heteroatoms. The quantitative estimate of drug-likeness (QED) is 0.267. The minimum Gasteiger partial charge on any atom is -0.505 e. The van der Waals surface area contributed by atoms with E-state index in [-0.39, 0.29) is 11.7 Å². The molecule has 28 heavy (non-hydrogen) atoms. The minimum atomic E-state index is -0.367. The topological polar surface area (TPSA) is 89.7 Å². The van der Waals surface area contributed by atoms with E-state index in [0.29, 0.717) is 41.7 Å². The number of unbranched alkanes of at least 4 members (excludes halogenated alkanes) is 1. The molecular weight excluding hydrogens is 360 g/mol. The molecule has 0 aromatic heterocycles. The summed E-state index contributed by atoms with van der Waals surface area (Å²) in [5.41, 5.74) is 1.39. The van der Waals surface area contributed by atoms with Crippen LogP contribution in [0.1, 0.15) is 19.8 Å². The van der Waals surface area contributed by atoms with E-state index in [9.17, 15) is 9.90 Å². The first-order valence-corrected chi connectivity index (χ1v) is 8.84. The number of azo groups is 1. The average molecular weight is 384 g/mol. The second-order valence-corrected chi connectivity index (χ2v) is 6.02. The summed E-state index contributed by atoms with van der Waals surface area (Å²) in [5, 5.41) is 18.0. The third-order valence-electron chi connectivity index (χ3n) is 3.68. The van der Waals surface area contributed by atoms with Gasteiger partial charge in [-0.3, -0.25) is 0 Å². The Morgan fingerprint density at radius 2 is 1.71 bits per heavy atom. The zero-order valence-corrected chi connectivity index (χ0v) is 16.1. The number of benzene rings is 2. The number of methoxy groups -OCH3 is 1. The lowest BCUT2D eigenvalue weighted by Gasteiger charge is -2.07. The molecule has 0 saturated carbocycles. The molecule has 0 amide bonds. The average Bonchev–Trinajstić information content (AvgIpc) is 2.70. The number of nitrogens with zero attached hydrogens (tertiary/aromatic N) is 2. The van der Waals surface area contributed by atoms with Gasteiger partial charge < -0.3 is 19.3 Å². The molecule has 2 aromatic carbocycles. The van der Waals surface area contributed by atoms with Crippen molar-refractivity contribution < 1.29 is 24.1 Å². The van der Waals surface area contributed by atoms with Crippen LogP contribution in [0.25, 0.3) is 0 Å². The summed E-state index contributed by atoms with van der Waals surface area (Å²) in [6.07, 6.45) is 1.48. The van der Waals surface area contributed by atoms with Gasteiger partial charge in [-0.25, -0.2) is 4.79 Å². The highest BCUT2D eigenvalue weighted by atomic mass is 16.5. The Hall–Kier alpha value is -3.35. The van der Waals surface area contributed by atoms with Gasteiger partial charge in [0.25, 0.3) is 0 Å². The van der Waals surface area contributed by atoms with E-state index in [2.05, 4.69) is 16.8 Å². The van der Waals surface area contributed by atoms with Crippen LogP contribution in [-0.4, -0.2) is 31.4 Å². The zero-order valence-electron chi connectivity index (χ0n) is 16.1. The molecule has 0 saturated heterocycles. The standard InChI is InChI=1S/C21H24N2O5/c1-15(2)21(25)28-13-5-4-12-27-17-8-6-16(7-9-17)22-23-19-11-10-18(26-3)14-20(19)24/h6-11,14,24H,1,4-5,12-13H2,2-3H3. The van der Waals surface area contributed by atoms with Crippen molar-refractivity contribution in [3.8, 4) is 17.2 Å². The molecule has 0 fully saturated rings. The third kappa shape index (κ3) is 6.75. The van der Waals surface area contributed by atoms with Crippen LogP contribution in [0.4, 0.5) is 11.4 Å². The van der Waals surface area contributed by atoms with Crippen LogP contribution >= 0.6 is 0 Å². The number of esters is 1. The highest BCUT2D eigenvalue weighted by Gasteiger charge is 2.03. The van der Waals surface area contributed by atoms with E-state index in [1.807, 2.05) is 0 Å². The number of carbonyl (C=O) groups excluding carboxylic acids is 1. The molecular formula is C21H24N2O5. The Bertz CT molecular complexity index is 831. The van der Waals surface area contributed by atoms with Crippen molar-refractivity contribution in [1.82, 2.24) is 0 Å². The molecule has 0 spiro atoms. The van der Waals surface area contributed by atoms with Crippen LogP contribution in [0.5, 0.6) is 17.2 Å². The van der Waals surface area contributed by atoms with Gasteiger partial charge in [-0.1, -0.05) is 6.58 Å². The Kier molecular flexibility index (Phi) is 8.02. The number of rotatable bonds is 10. The normalized spacial score (nSPS) is 10.6. The van der Waals surface area contributed by atoms with Crippen molar-refractivity contribution in [2.45, 2.75) is 19.8 Å². The highest BCUT2D eigenvalue weighted by Crippen LogP contribution is 2.31. The number of aromatic hydroxyl groups is 1. The zero-order chi connectivity index (χ0) is 20.4. The van der Waals surface area contributed by atoms with E-state index >= 15 is 0 Å². The van der Waals surface area contributed by atoms with Gasteiger partial charge in [0.1, 0.15) is 22.9 Å². The first kappa shape index (κ1) is 21.0. The molecule has 0 bridgehead atoms. The lowest BCUT2D eigenvalue weighted by atomic mass is 10.3. The molecule has 7 nitrogen and oxygen atoms in total. The number of carbonyl (C=O) groups is 1. The molecule has 0 heterocycles. The summed E-state index contributed by atoms with van der Waals surface area (Å²) in [4.78, 5) is 11.2. The summed E-state index contributed by atoms with van der Waals surface area (Å²) in [6, 6.07) is 11.9. The Morgan fingerprint density at radius 3 is 2.36 bits per heavy atom. The summed E-state index contributed by atoms with van der Waals surface area (Å²) in [6.45, 7) is 6.02. The maximum absolute atomic E-state index is 11.2. The maximum atomic E-state index is 11.2. The molecule has 2 aromatic rings. The summed E-state index contributed by atoms with van der Waals surface area (Å²) < 4.78 is 15.7. The number of ether oxygens (including phenoxy) is 3. The lowest BCUT2D eigenvalue weighted by Crippen LogP contribution is -2.07. The predicted octanol–water partition coefficient (Wildman–Crippen LogP) is 5.09. The second kappa shape index (κ2) is 10.7. The van der Waals surface area contributed by atoms with Gasteiger partial charge in [0.05, 0.1) is 26.0 Å². The second-order valence-electron chi connectivity index (χ2n) is 6.02. The predicted molar refractivity (Wildman–Crippen MR) is 106 cm³/mol. The van der Waals surface area contributed by atoms with Crippen molar-refractivity contribution in [3.05, 3.63) is 54.6 Å². The number of phenolic OH excluding ortho intramolecular Hbond substituents is 1. The van der Waals surface area contributed by atoms with Crippen LogP contribution in [0.15, 0.2) is 64.8 Å². The van der Waals surface area contributed by atoms with Gasteiger partial charge in [-0.05, 0) is 56.2 Å². The summed E-state index contributed by atoms with van der Waals surface area (Å²) in [5.74, 6) is 0.891. The first-order valence-electron chi connectivity index (χ1n) is 8.84. The van der Waals surface area contributed by atoms with Crippen LogP contribution in [0.2, 0.25) is 0 Å².